The molecule has 0 radical (unpaired) electrons. The Kier molecular flexibility index (Phi) is 5.28. The first-order valence-corrected chi connectivity index (χ1v) is 10.1. The van der Waals surface area contributed by atoms with Crippen LogP contribution in [0.15, 0.2) is 36.4 Å². The van der Waals surface area contributed by atoms with E-state index in [4.69, 9.17) is 0 Å². The van der Waals surface area contributed by atoms with Crippen molar-refractivity contribution in [2.75, 3.05) is 0 Å². The molecule has 0 aliphatic rings. The fourth-order valence-electron chi connectivity index (χ4n) is 3.38. The highest BCUT2D eigenvalue weighted by Crippen LogP contribution is 2.36. The van der Waals surface area contributed by atoms with Crippen molar-refractivity contribution >= 4 is 66.7 Å². The molecule has 3 aromatic rings. The third-order valence-electron chi connectivity index (χ3n) is 4.29. The standard InChI is InChI=1S/C20H20I2/c1-3-7-13-15-9-5-6-10-16(15)14(8-4-2)18-12-20(22)19(21)11-17(13)18/h5-6,9-12H,3-4,7-8H2,1-2H3. The summed E-state index contributed by atoms with van der Waals surface area (Å²) in [7, 11) is 0. The molecule has 0 spiro atoms. The van der Waals surface area contributed by atoms with Gasteiger partial charge in [0.15, 0.2) is 0 Å². The Morgan fingerprint density at radius 2 is 1.09 bits per heavy atom. The van der Waals surface area contributed by atoms with Crippen LogP contribution < -0.4 is 0 Å². The van der Waals surface area contributed by atoms with E-state index in [-0.39, 0.29) is 0 Å². The van der Waals surface area contributed by atoms with E-state index in [1.807, 2.05) is 0 Å². The summed E-state index contributed by atoms with van der Waals surface area (Å²) in [6.07, 6.45) is 4.68. The SMILES string of the molecule is CCCc1c2ccccc2c(CCC)c2cc(I)c(I)cc12. The Labute approximate surface area is 160 Å². The van der Waals surface area contributed by atoms with Gasteiger partial charge < -0.3 is 0 Å². The lowest BCUT2D eigenvalue weighted by molar-refractivity contribution is 0.927. The van der Waals surface area contributed by atoms with Crippen LogP contribution in [-0.4, -0.2) is 0 Å². The van der Waals surface area contributed by atoms with E-state index in [0.717, 1.165) is 12.8 Å². The van der Waals surface area contributed by atoms with Gasteiger partial charge in [0.25, 0.3) is 0 Å². The minimum absolute atomic E-state index is 1.15. The predicted octanol–water partition coefficient (Wildman–Crippen LogP) is 7.11. The van der Waals surface area contributed by atoms with E-state index >= 15 is 0 Å². The minimum atomic E-state index is 1.15. The van der Waals surface area contributed by atoms with E-state index in [2.05, 4.69) is 95.4 Å². The van der Waals surface area contributed by atoms with E-state index in [1.165, 1.54) is 52.7 Å². The molecule has 0 heterocycles. The summed E-state index contributed by atoms with van der Waals surface area (Å²) in [5, 5.41) is 5.84. The normalized spacial score (nSPS) is 11.5. The number of benzene rings is 3. The predicted molar refractivity (Wildman–Crippen MR) is 115 cm³/mol. The monoisotopic (exact) mass is 514 g/mol. The maximum absolute atomic E-state index is 2.47. The van der Waals surface area contributed by atoms with E-state index in [9.17, 15) is 0 Å². The minimum Gasteiger partial charge on any atom is -0.0651 e. The Morgan fingerprint density at radius 3 is 1.45 bits per heavy atom. The molecule has 0 unspecified atom stereocenters. The molecule has 0 fully saturated rings. The van der Waals surface area contributed by atoms with Gasteiger partial charge in [0, 0.05) is 7.14 Å². The number of hydrogen-bond acceptors (Lipinski definition) is 0. The van der Waals surface area contributed by atoms with Crippen molar-refractivity contribution < 1.29 is 0 Å². The molecule has 0 amide bonds. The van der Waals surface area contributed by atoms with Crippen molar-refractivity contribution in [1.29, 1.82) is 0 Å². The number of rotatable bonds is 4. The zero-order valence-corrected chi connectivity index (χ0v) is 17.4. The van der Waals surface area contributed by atoms with Crippen LogP contribution >= 0.6 is 45.2 Å². The highest BCUT2D eigenvalue weighted by molar-refractivity contribution is 14.1. The quantitative estimate of drug-likeness (QED) is 0.257. The lowest BCUT2D eigenvalue weighted by Crippen LogP contribution is -1.97. The second-order valence-electron chi connectivity index (χ2n) is 5.81. The van der Waals surface area contributed by atoms with Gasteiger partial charge in [-0.2, -0.15) is 0 Å². The van der Waals surface area contributed by atoms with E-state index in [0.29, 0.717) is 0 Å². The van der Waals surface area contributed by atoms with Crippen molar-refractivity contribution in [2.45, 2.75) is 39.5 Å². The topological polar surface area (TPSA) is 0 Å². The number of hydrogen-bond donors (Lipinski definition) is 0. The number of fused-ring (bicyclic) bond motifs is 2. The van der Waals surface area contributed by atoms with Crippen LogP contribution in [0.25, 0.3) is 21.5 Å². The first-order valence-electron chi connectivity index (χ1n) is 7.98. The van der Waals surface area contributed by atoms with Crippen LogP contribution in [-0.2, 0) is 12.8 Å². The van der Waals surface area contributed by atoms with E-state index in [1.54, 1.807) is 0 Å². The lowest BCUT2D eigenvalue weighted by atomic mass is 9.88. The maximum atomic E-state index is 2.47. The summed E-state index contributed by atoms with van der Waals surface area (Å²) < 4.78 is 2.72. The maximum Gasteiger partial charge on any atom is 0.0270 e. The van der Waals surface area contributed by atoms with Gasteiger partial charge in [0.1, 0.15) is 0 Å². The van der Waals surface area contributed by atoms with Gasteiger partial charge in [-0.3, -0.25) is 0 Å². The first-order chi connectivity index (χ1) is 10.7. The largest absolute Gasteiger partial charge is 0.0651 e. The van der Waals surface area contributed by atoms with Gasteiger partial charge in [-0.15, -0.1) is 0 Å². The second kappa shape index (κ2) is 7.04. The molecule has 0 aliphatic heterocycles. The smallest absolute Gasteiger partial charge is 0.0270 e. The molecule has 0 bridgehead atoms. The Hall–Kier alpha value is -0.360. The molecule has 0 saturated carbocycles. The summed E-state index contributed by atoms with van der Waals surface area (Å²) >= 11 is 4.93. The summed E-state index contributed by atoms with van der Waals surface area (Å²) in [6.45, 7) is 4.55. The fraction of sp³-hybridized carbons (Fsp3) is 0.300. The van der Waals surface area contributed by atoms with Crippen LogP contribution in [0.5, 0.6) is 0 Å². The van der Waals surface area contributed by atoms with E-state index < -0.39 is 0 Å². The van der Waals surface area contributed by atoms with Gasteiger partial charge in [-0.1, -0.05) is 51.0 Å². The molecule has 3 aromatic carbocycles. The van der Waals surface area contributed by atoms with Gasteiger partial charge in [-0.05, 0) is 103 Å². The van der Waals surface area contributed by atoms with Crippen molar-refractivity contribution in [3.63, 3.8) is 0 Å². The average molecular weight is 514 g/mol. The summed E-state index contributed by atoms with van der Waals surface area (Å²) in [5.74, 6) is 0. The molecule has 0 atom stereocenters. The summed E-state index contributed by atoms with van der Waals surface area (Å²) in [6, 6.07) is 13.8. The molecular weight excluding hydrogens is 494 g/mol. The second-order valence-corrected chi connectivity index (χ2v) is 8.14. The molecular formula is C20H20I2. The third kappa shape index (κ3) is 2.88. The highest BCUT2D eigenvalue weighted by atomic mass is 127. The average Bonchev–Trinajstić information content (AvgIpc) is 2.52. The Balaban J connectivity index is 2.52. The molecule has 0 aliphatic carbocycles. The van der Waals surface area contributed by atoms with Crippen LogP contribution in [0.1, 0.15) is 37.8 Å². The molecule has 0 N–H and O–H groups in total. The summed E-state index contributed by atoms with van der Waals surface area (Å²) in [4.78, 5) is 0. The van der Waals surface area contributed by atoms with Crippen LogP contribution in [0, 0.1) is 7.14 Å². The lowest BCUT2D eigenvalue weighted by Gasteiger charge is -2.17. The molecule has 2 heteroatoms. The van der Waals surface area contributed by atoms with Crippen LogP contribution in [0.4, 0.5) is 0 Å². The van der Waals surface area contributed by atoms with Gasteiger partial charge in [0.05, 0.1) is 0 Å². The van der Waals surface area contributed by atoms with Crippen LogP contribution in [0.2, 0.25) is 0 Å². The van der Waals surface area contributed by atoms with Crippen molar-refractivity contribution in [1.82, 2.24) is 0 Å². The van der Waals surface area contributed by atoms with Gasteiger partial charge >= 0.3 is 0 Å². The van der Waals surface area contributed by atoms with Gasteiger partial charge in [0.2, 0.25) is 0 Å². The number of halogens is 2. The zero-order valence-electron chi connectivity index (χ0n) is 13.0. The highest BCUT2D eigenvalue weighted by Gasteiger charge is 2.14. The summed E-state index contributed by atoms with van der Waals surface area (Å²) in [5.41, 5.74) is 3.06. The molecule has 0 aromatic heterocycles. The van der Waals surface area contributed by atoms with Crippen molar-refractivity contribution in [2.24, 2.45) is 0 Å². The molecule has 3 rings (SSSR count). The molecule has 0 saturated heterocycles. The van der Waals surface area contributed by atoms with Crippen molar-refractivity contribution in [3.8, 4) is 0 Å². The van der Waals surface area contributed by atoms with Gasteiger partial charge in [-0.25, -0.2) is 0 Å². The molecule has 114 valence electrons. The molecule has 22 heavy (non-hydrogen) atoms. The molecule has 0 nitrogen and oxygen atoms in total. The Bertz CT molecular complexity index is 764. The fourth-order valence-corrected chi connectivity index (χ4v) is 4.32. The third-order valence-corrected chi connectivity index (χ3v) is 7.11. The Morgan fingerprint density at radius 1 is 0.682 bits per heavy atom. The van der Waals surface area contributed by atoms with Crippen LogP contribution in [0.3, 0.4) is 0 Å². The zero-order chi connectivity index (χ0) is 15.7. The number of aryl methyl sites for hydroxylation is 2. The van der Waals surface area contributed by atoms with Crippen molar-refractivity contribution in [3.05, 3.63) is 54.7 Å². The first kappa shape index (κ1) is 16.5.